The van der Waals surface area contributed by atoms with Gasteiger partial charge in [0.2, 0.25) is 0 Å². The molecule has 1 unspecified atom stereocenters. The number of hydrogen-bond donors (Lipinski definition) is 1. The summed E-state index contributed by atoms with van der Waals surface area (Å²) >= 11 is 4.16. The Labute approximate surface area is 69.2 Å². The van der Waals surface area contributed by atoms with Gasteiger partial charge in [-0.1, -0.05) is 38.9 Å². The van der Waals surface area contributed by atoms with E-state index in [1.165, 1.54) is 11.5 Å². The lowest BCUT2D eigenvalue weighted by atomic mass is 10.4. The lowest BCUT2D eigenvalue weighted by Gasteiger charge is -1.96. The van der Waals surface area contributed by atoms with Gasteiger partial charge in [-0.3, -0.25) is 0 Å². The molecule has 0 fully saturated rings. The summed E-state index contributed by atoms with van der Waals surface area (Å²) < 4.78 is 0. The highest BCUT2D eigenvalue weighted by atomic mass is 32.1. The Kier molecular flexibility index (Phi) is 3.86. The molecular weight excluding hydrogens is 159 g/mol. The van der Waals surface area contributed by atoms with Crippen LogP contribution in [0.2, 0.25) is 0 Å². The molecule has 0 aromatic heterocycles. The Morgan fingerprint density at radius 3 is 2.50 bits per heavy atom. The zero-order valence-corrected chi connectivity index (χ0v) is 7.64. The van der Waals surface area contributed by atoms with Gasteiger partial charge in [0.25, 0.3) is 0 Å². The molecule has 0 saturated carbocycles. The van der Waals surface area contributed by atoms with Crippen LogP contribution in [0.5, 0.6) is 0 Å². The van der Waals surface area contributed by atoms with Gasteiger partial charge in [0.05, 0.1) is 0 Å². The van der Waals surface area contributed by atoms with E-state index in [1.807, 2.05) is 0 Å². The van der Waals surface area contributed by atoms with Gasteiger partial charge < -0.3 is 0 Å². The smallest absolute Gasteiger partial charge is 0.00579 e. The zero-order valence-electron chi connectivity index (χ0n) is 5.75. The molecule has 0 amide bonds. The Balaban J connectivity index is 2.43. The summed E-state index contributed by atoms with van der Waals surface area (Å²) in [6.45, 7) is 0. The Morgan fingerprint density at radius 2 is 1.90 bits per heavy atom. The van der Waals surface area contributed by atoms with Crippen molar-refractivity contribution in [2.75, 3.05) is 11.9 Å². The third-order valence-electron chi connectivity index (χ3n) is 1.21. The highest BCUT2D eigenvalue weighted by molar-refractivity contribution is 7.80. The predicted octanol–water partition coefficient (Wildman–Crippen LogP) is 1.92. The average molecular weight is 170 g/mol. The van der Waals surface area contributed by atoms with E-state index < -0.39 is 0 Å². The second-order valence-electron chi connectivity index (χ2n) is 2.02. The van der Waals surface area contributed by atoms with Crippen LogP contribution in [0, 0.1) is 0 Å². The first-order chi connectivity index (χ1) is 4.93. The molecule has 10 heavy (non-hydrogen) atoms. The fourth-order valence-corrected chi connectivity index (χ4v) is 1.92. The van der Waals surface area contributed by atoms with Gasteiger partial charge in [0.1, 0.15) is 0 Å². The van der Waals surface area contributed by atoms with Crippen LogP contribution >= 0.6 is 21.2 Å². The molecule has 0 bridgehead atoms. The molecule has 0 spiro atoms. The second-order valence-corrected chi connectivity index (χ2v) is 3.89. The lowest BCUT2D eigenvalue weighted by Crippen LogP contribution is -1.93. The summed E-state index contributed by atoms with van der Waals surface area (Å²) in [6, 6.07) is 10.6. The third-order valence-corrected chi connectivity index (χ3v) is 3.10. The molecule has 0 radical (unpaired) electrons. The molecule has 54 valence electrons. The van der Waals surface area contributed by atoms with Crippen LogP contribution in [0.3, 0.4) is 0 Å². The van der Waals surface area contributed by atoms with Gasteiger partial charge in [-0.05, 0) is 17.2 Å². The van der Waals surface area contributed by atoms with Gasteiger partial charge in [-0.15, -0.1) is 0 Å². The van der Waals surface area contributed by atoms with E-state index in [1.54, 1.807) is 0 Å². The quantitative estimate of drug-likeness (QED) is 0.520. The maximum Gasteiger partial charge on any atom is -0.00579 e. The van der Waals surface area contributed by atoms with Crippen LogP contribution in [-0.4, -0.2) is 11.9 Å². The monoisotopic (exact) mass is 170 g/mol. The van der Waals surface area contributed by atoms with Crippen LogP contribution in [0.25, 0.3) is 0 Å². The van der Waals surface area contributed by atoms with Crippen molar-refractivity contribution < 1.29 is 0 Å². The minimum atomic E-state index is 0.928. The van der Waals surface area contributed by atoms with Gasteiger partial charge in [-0.2, -0.15) is 12.6 Å². The first-order valence-electron chi connectivity index (χ1n) is 3.33. The summed E-state index contributed by atoms with van der Waals surface area (Å²) in [4.78, 5) is 0. The molecule has 0 aliphatic heterocycles. The van der Waals surface area contributed by atoms with Gasteiger partial charge >= 0.3 is 0 Å². The standard InChI is InChI=1S/C8H11PS/c10-7-6-9-8-4-2-1-3-5-8/h1-5,9-10H,6-7H2. The summed E-state index contributed by atoms with van der Waals surface area (Å²) in [6.07, 6.45) is 1.20. The van der Waals surface area contributed by atoms with Crippen LogP contribution in [0.1, 0.15) is 0 Å². The van der Waals surface area contributed by atoms with E-state index >= 15 is 0 Å². The maximum atomic E-state index is 4.16. The Bertz CT molecular complexity index is 174. The van der Waals surface area contributed by atoms with E-state index in [4.69, 9.17) is 0 Å². The summed E-state index contributed by atoms with van der Waals surface area (Å²) in [5.41, 5.74) is 0. The summed E-state index contributed by atoms with van der Waals surface area (Å²) in [5.74, 6) is 0.993. The van der Waals surface area contributed by atoms with E-state index in [9.17, 15) is 0 Å². The van der Waals surface area contributed by atoms with E-state index in [-0.39, 0.29) is 0 Å². The van der Waals surface area contributed by atoms with E-state index in [0.717, 1.165) is 14.3 Å². The summed E-state index contributed by atoms with van der Waals surface area (Å²) in [7, 11) is 0.928. The molecule has 0 N–H and O–H groups in total. The largest absolute Gasteiger partial charge is 0.179 e. The van der Waals surface area contributed by atoms with Crippen molar-refractivity contribution in [3.8, 4) is 0 Å². The molecule has 2 heteroatoms. The first kappa shape index (κ1) is 8.10. The first-order valence-corrected chi connectivity index (χ1v) is 5.17. The molecule has 1 aromatic carbocycles. The fourth-order valence-electron chi connectivity index (χ4n) is 0.756. The SMILES string of the molecule is SCCPc1ccccc1. The highest BCUT2D eigenvalue weighted by Gasteiger charge is 1.87. The van der Waals surface area contributed by atoms with Crippen LogP contribution < -0.4 is 5.30 Å². The number of rotatable bonds is 3. The normalized spacial score (nSPS) is 10.9. The third kappa shape index (κ3) is 2.72. The zero-order chi connectivity index (χ0) is 7.23. The van der Waals surface area contributed by atoms with Crippen LogP contribution in [-0.2, 0) is 0 Å². The van der Waals surface area contributed by atoms with Gasteiger partial charge in [-0.25, -0.2) is 0 Å². The molecule has 1 rings (SSSR count). The topological polar surface area (TPSA) is 0 Å². The number of hydrogen-bond acceptors (Lipinski definition) is 1. The molecule has 0 heterocycles. The fraction of sp³-hybridized carbons (Fsp3) is 0.250. The number of benzene rings is 1. The molecule has 0 nitrogen and oxygen atoms in total. The molecule has 1 atom stereocenters. The maximum absolute atomic E-state index is 4.16. The van der Waals surface area contributed by atoms with Gasteiger partial charge in [0.15, 0.2) is 0 Å². The molecule has 0 aliphatic carbocycles. The van der Waals surface area contributed by atoms with E-state index in [2.05, 4.69) is 43.0 Å². The minimum Gasteiger partial charge on any atom is -0.179 e. The van der Waals surface area contributed by atoms with Crippen molar-refractivity contribution in [3.05, 3.63) is 30.3 Å². The van der Waals surface area contributed by atoms with Crippen LogP contribution in [0.15, 0.2) is 30.3 Å². The van der Waals surface area contributed by atoms with Crippen molar-refractivity contribution in [1.82, 2.24) is 0 Å². The van der Waals surface area contributed by atoms with Crippen molar-refractivity contribution in [2.45, 2.75) is 0 Å². The molecule has 0 saturated heterocycles. The Hall–Kier alpha value is 0. The van der Waals surface area contributed by atoms with Crippen molar-refractivity contribution in [2.24, 2.45) is 0 Å². The van der Waals surface area contributed by atoms with Gasteiger partial charge in [0, 0.05) is 0 Å². The number of thiol groups is 1. The molecule has 0 aliphatic rings. The Morgan fingerprint density at radius 1 is 1.20 bits per heavy atom. The minimum absolute atomic E-state index is 0.928. The molecular formula is C8H11PS. The predicted molar refractivity (Wildman–Crippen MR) is 53.1 cm³/mol. The second kappa shape index (κ2) is 4.76. The molecule has 1 aromatic rings. The highest BCUT2D eigenvalue weighted by Crippen LogP contribution is 2.08. The average Bonchev–Trinajstić information content (AvgIpc) is 2.03. The van der Waals surface area contributed by atoms with Crippen LogP contribution in [0.4, 0.5) is 0 Å². The summed E-state index contributed by atoms with van der Waals surface area (Å²) in [5, 5.41) is 1.44. The van der Waals surface area contributed by atoms with Crippen molar-refractivity contribution in [1.29, 1.82) is 0 Å². The van der Waals surface area contributed by atoms with Crippen molar-refractivity contribution in [3.63, 3.8) is 0 Å². The van der Waals surface area contributed by atoms with E-state index in [0.29, 0.717) is 0 Å². The van der Waals surface area contributed by atoms with Crippen molar-refractivity contribution >= 4 is 26.5 Å². The lowest BCUT2D eigenvalue weighted by molar-refractivity contribution is 1.56.